The Kier molecular flexibility index (Phi) is 5.51. The summed E-state index contributed by atoms with van der Waals surface area (Å²) in [5.41, 5.74) is 6.93. The van der Waals surface area contributed by atoms with Crippen LogP contribution in [0.3, 0.4) is 0 Å². The summed E-state index contributed by atoms with van der Waals surface area (Å²) in [6.45, 7) is 4.79. The number of rotatable bonds is 5. The van der Waals surface area contributed by atoms with Crippen LogP contribution in [0, 0.1) is 6.92 Å². The molecule has 0 amide bonds. The van der Waals surface area contributed by atoms with Crippen molar-refractivity contribution in [2.24, 2.45) is 0 Å². The van der Waals surface area contributed by atoms with E-state index in [1.807, 2.05) is 36.6 Å². The summed E-state index contributed by atoms with van der Waals surface area (Å²) in [5, 5.41) is 0.572. The summed E-state index contributed by atoms with van der Waals surface area (Å²) < 4.78 is 0.962. The monoisotopic (exact) mass is 328 g/mol. The third-order valence-corrected chi connectivity index (χ3v) is 6.02. The van der Waals surface area contributed by atoms with E-state index in [2.05, 4.69) is 28.0 Å². The number of hydrogen-bond donors (Lipinski definition) is 1. The van der Waals surface area contributed by atoms with Crippen LogP contribution < -0.4 is 5.73 Å². The molecule has 0 aromatic carbocycles. The zero-order chi connectivity index (χ0) is 14.7. The number of thioether (sulfide) groups is 2. The first-order chi connectivity index (χ1) is 9.52. The minimum Gasteiger partial charge on any atom is -0.383 e. The molecule has 0 bridgehead atoms. The standard InChI is InChI=1S/C13H20N4S3/c1-8-11(4-5-19-3)20-13(18)17(8)7-10-6-15-9(2)16-12(10)14/h6,8,11H,4-5,7H2,1-3H3,(H2,14,15,16). The molecule has 0 spiro atoms. The maximum absolute atomic E-state index is 5.97. The SMILES string of the molecule is CSCCC1SC(=S)N(Cc2cnc(C)nc2N)C1C. The lowest BCUT2D eigenvalue weighted by atomic mass is 10.1. The van der Waals surface area contributed by atoms with E-state index in [0.29, 0.717) is 29.5 Å². The van der Waals surface area contributed by atoms with E-state index in [4.69, 9.17) is 18.0 Å². The molecule has 20 heavy (non-hydrogen) atoms. The zero-order valence-electron chi connectivity index (χ0n) is 12.0. The van der Waals surface area contributed by atoms with Crippen molar-refractivity contribution in [3.8, 4) is 0 Å². The van der Waals surface area contributed by atoms with E-state index in [9.17, 15) is 0 Å². The summed E-state index contributed by atoms with van der Waals surface area (Å²) in [5.74, 6) is 2.44. The van der Waals surface area contributed by atoms with Gasteiger partial charge in [-0.1, -0.05) is 24.0 Å². The third kappa shape index (κ3) is 3.56. The first-order valence-electron chi connectivity index (χ1n) is 6.57. The van der Waals surface area contributed by atoms with Gasteiger partial charge in [-0.05, 0) is 32.3 Å². The lowest BCUT2D eigenvalue weighted by Gasteiger charge is -2.25. The number of aryl methyl sites for hydroxylation is 1. The number of nitrogen functional groups attached to an aromatic ring is 1. The molecule has 2 N–H and O–H groups in total. The minimum absolute atomic E-state index is 0.431. The highest BCUT2D eigenvalue weighted by atomic mass is 32.2. The van der Waals surface area contributed by atoms with Gasteiger partial charge in [0.2, 0.25) is 0 Å². The average Bonchev–Trinajstić information content (AvgIpc) is 2.66. The Morgan fingerprint density at radius 2 is 2.30 bits per heavy atom. The molecule has 1 fully saturated rings. The highest BCUT2D eigenvalue weighted by Gasteiger charge is 2.34. The molecule has 2 heterocycles. The second-order valence-electron chi connectivity index (χ2n) is 4.90. The lowest BCUT2D eigenvalue weighted by molar-refractivity contribution is 0.335. The van der Waals surface area contributed by atoms with E-state index in [1.54, 1.807) is 0 Å². The van der Waals surface area contributed by atoms with Crippen LogP contribution in [0.5, 0.6) is 0 Å². The molecular weight excluding hydrogens is 308 g/mol. The molecule has 2 unspecified atom stereocenters. The van der Waals surface area contributed by atoms with Crippen molar-refractivity contribution in [2.45, 2.75) is 38.1 Å². The van der Waals surface area contributed by atoms with Gasteiger partial charge in [0, 0.05) is 29.6 Å². The summed E-state index contributed by atoms with van der Waals surface area (Å²) in [6, 6.07) is 0.431. The Morgan fingerprint density at radius 1 is 1.55 bits per heavy atom. The van der Waals surface area contributed by atoms with Crippen molar-refractivity contribution in [3.05, 3.63) is 17.6 Å². The molecule has 1 aliphatic rings. The number of aromatic nitrogens is 2. The predicted octanol–water partition coefficient (Wildman–Crippen LogP) is 2.71. The summed E-state index contributed by atoms with van der Waals surface area (Å²) in [6.07, 6.45) is 5.14. The van der Waals surface area contributed by atoms with Crippen molar-refractivity contribution in [2.75, 3.05) is 17.7 Å². The fourth-order valence-electron chi connectivity index (χ4n) is 2.22. The topological polar surface area (TPSA) is 55.0 Å². The largest absolute Gasteiger partial charge is 0.383 e. The van der Waals surface area contributed by atoms with Gasteiger partial charge < -0.3 is 10.6 Å². The fourth-order valence-corrected chi connectivity index (χ4v) is 4.67. The van der Waals surface area contributed by atoms with Gasteiger partial charge in [0.15, 0.2) is 0 Å². The summed E-state index contributed by atoms with van der Waals surface area (Å²) >= 11 is 9.21. The molecule has 110 valence electrons. The van der Waals surface area contributed by atoms with Crippen molar-refractivity contribution in [1.29, 1.82) is 0 Å². The second kappa shape index (κ2) is 6.95. The third-order valence-electron chi connectivity index (χ3n) is 3.48. The summed E-state index contributed by atoms with van der Waals surface area (Å²) in [4.78, 5) is 10.7. The predicted molar refractivity (Wildman–Crippen MR) is 93.2 cm³/mol. The van der Waals surface area contributed by atoms with E-state index < -0.39 is 0 Å². The minimum atomic E-state index is 0.431. The van der Waals surface area contributed by atoms with Crippen molar-refractivity contribution < 1.29 is 0 Å². The highest BCUT2D eigenvalue weighted by Crippen LogP contribution is 2.35. The molecular formula is C13H20N4S3. The van der Waals surface area contributed by atoms with Crippen molar-refractivity contribution in [1.82, 2.24) is 14.9 Å². The lowest BCUT2D eigenvalue weighted by Crippen LogP contribution is -2.34. The van der Waals surface area contributed by atoms with Crippen LogP contribution in [0.2, 0.25) is 0 Å². The van der Waals surface area contributed by atoms with E-state index in [1.165, 1.54) is 12.2 Å². The molecule has 0 aliphatic carbocycles. The Labute approximate surface area is 134 Å². The quantitative estimate of drug-likeness (QED) is 0.834. The van der Waals surface area contributed by atoms with Crippen molar-refractivity contribution in [3.63, 3.8) is 0 Å². The van der Waals surface area contributed by atoms with Crippen LogP contribution in [0.1, 0.15) is 24.7 Å². The first-order valence-corrected chi connectivity index (χ1v) is 9.25. The molecule has 1 aromatic heterocycles. The number of nitrogens with zero attached hydrogens (tertiary/aromatic N) is 3. The molecule has 4 nitrogen and oxygen atoms in total. The Hall–Kier alpha value is -0.530. The number of nitrogens with two attached hydrogens (primary N) is 1. The maximum Gasteiger partial charge on any atom is 0.137 e. The molecule has 0 radical (unpaired) electrons. The molecule has 1 aliphatic heterocycles. The normalized spacial score (nSPS) is 22.6. The molecule has 7 heteroatoms. The van der Waals surface area contributed by atoms with Crippen LogP contribution in [0.4, 0.5) is 5.82 Å². The van der Waals surface area contributed by atoms with E-state index in [0.717, 1.165) is 9.88 Å². The van der Waals surface area contributed by atoms with Gasteiger partial charge in [-0.2, -0.15) is 11.8 Å². The van der Waals surface area contributed by atoms with Crippen LogP contribution in [0.25, 0.3) is 0 Å². The Morgan fingerprint density at radius 3 is 2.95 bits per heavy atom. The molecule has 0 saturated carbocycles. The van der Waals surface area contributed by atoms with Crippen LogP contribution in [-0.2, 0) is 6.54 Å². The van der Waals surface area contributed by atoms with Gasteiger partial charge in [0.1, 0.15) is 16.0 Å². The van der Waals surface area contributed by atoms with Gasteiger partial charge in [-0.3, -0.25) is 0 Å². The number of hydrogen-bond acceptors (Lipinski definition) is 6. The van der Waals surface area contributed by atoms with E-state index in [-0.39, 0.29) is 0 Å². The average molecular weight is 329 g/mol. The number of anilines is 1. The first kappa shape index (κ1) is 15.9. The number of thiocarbonyl (C=S) groups is 1. The molecule has 2 rings (SSSR count). The van der Waals surface area contributed by atoms with Gasteiger partial charge in [-0.15, -0.1) is 0 Å². The second-order valence-corrected chi connectivity index (χ2v) is 7.76. The molecule has 1 saturated heterocycles. The fraction of sp³-hybridized carbons (Fsp3) is 0.615. The van der Waals surface area contributed by atoms with Crippen molar-refractivity contribution >= 4 is 45.9 Å². The molecule has 1 aromatic rings. The van der Waals surface area contributed by atoms with Gasteiger partial charge in [0.25, 0.3) is 0 Å². The van der Waals surface area contributed by atoms with Gasteiger partial charge >= 0.3 is 0 Å². The maximum atomic E-state index is 5.97. The summed E-state index contributed by atoms with van der Waals surface area (Å²) in [7, 11) is 0. The zero-order valence-corrected chi connectivity index (χ0v) is 14.4. The van der Waals surface area contributed by atoms with Crippen LogP contribution in [0.15, 0.2) is 6.20 Å². The highest BCUT2D eigenvalue weighted by molar-refractivity contribution is 8.23. The van der Waals surface area contributed by atoms with Gasteiger partial charge in [0.05, 0.1) is 0 Å². The van der Waals surface area contributed by atoms with E-state index >= 15 is 0 Å². The Balaban J connectivity index is 2.07. The smallest absolute Gasteiger partial charge is 0.137 e. The van der Waals surface area contributed by atoms with Crippen LogP contribution >= 0.6 is 35.7 Å². The molecule has 2 atom stereocenters. The van der Waals surface area contributed by atoms with Gasteiger partial charge in [-0.25, -0.2) is 9.97 Å². The van der Waals surface area contributed by atoms with Crippen LogP contribution in [-0.4, -0.2) is 42.5 Å². The Bertz CT molecular complexity index is 495.